The number of aryl methyl sites for hydroxylation is 1. The van der Waals surface area contributed by atoms with Crippen LogP contribution in [-0.4, -0.2) is 66.2 Å². The molecule has 0 amide bonds. The van der Waals surface area contributed by atoms with Gasteiger partial charge in [-0.25, -0.2) is 4.98 Å². The third kappa shape index (κ3) is 14.4. The molecule has 0 saturated heterocycles. The molecule has 0 bridgehead atoms. The molecule has 0 radical (unpaired) electrons. The Bertz CT molecular complexity index is 3530. The first kappa shape index (κ1) is 49.6. The molecule has 0 aliphatic heterocycles. The molecule has 356 valence electrons. The summed E-state index contributed by atoms with van der Waals surface area (Å²) in [7, 11) is -13.6. The topological polar surface area (TPSA) is 339 Å². The normalized spacial score (nSPS) is 12.3. The van der Waals surface area contributed by atoms with E-state index >= 15 is 0 Å². The van der Waals surface area contributed by atoms with Crippen LogP contribution in [0.25, 0.3) is 0 Å². The molecule has 0 fully saturated rings. The van der Waals surface area contributed by atoms with Gasteiger partial charge >= 0.3 is 0 Å². The number of carbonyl (C=O) groups is 1. The highest BCUT2D eigenvalue weighted by molar-refractivity contribution is 7.86. The van der Waals surface area contributed by atoms with Crippen LogP contribution in [0, 0.1) is 6.92 Å². The maximum absolute atomic E-state index is 12.3. The van der Waals surface area contributed by atoms with Gasteiger partial charge in [0.15, 0.2) is 5.75 Å². The van der Waals surface area contributed by atoms with Crippen LogP contribution in [0.5, 0.6) is 5.75 Å². The maximum atomic E-state index is 12.3. The number of carbonyl (C=O) groups excluding carboxylic acids is 1. The van der Waals surface area contributed by atoms with Crippen molar-refractivity contribution in [2.45, 2.75) is 29.6 Å². The lowest BCUT2D eigenvalue weighted by Gasteiger charge is -2.10. The molecule has 0 atom stereocenters. The minimum absolute atomic E-state index is 0.000519. The van der Waals surface area contributed by atoms with E-state index in [1.807, 2.05) is 13.0 Å². The fourth-order valence-electron chi connectivity index (χ4n) is 6.13. The summed E-state index contributed by atoms with van der Waals surface area (Å²) in [6, 6.07) is 34.1. The Morgan fingerprint density at radius 3 is 1.57 bits per heavy atom. The predicted octanol–water partition coefficient (Wildman–Crippen LogP) is 10.3. The van der Waals surface area contributed by atoms with E-state index in [-0.39, 0.29) is 64.6 Å². The number of aromatic nitrogens is 3. The fourth-order valence-corrected chi connectivity index (χ4v) is 7.57. The molecule has 1 aromatic heterocycles. The van der Waals surface area contributed by atoms with Gasteiger partial charge in [-0.05, 0) is 121 Å². The van der Waals surface area contributed by atoms with Gasteiger partial charge < -0.3 is 10.1 Å². The van der Waals surface area contributed by atoms with Crippen LogP contribution in [0.2, 0.25) is 0 Å². The summed E-state index contributed by atoms with van der Waals surface area (Å²) in [6.45, 7) is 1.98. The lowest BCUT2D eigenvalue weighted by molar-refractivity contribution is -0.120. The first-order valence-corrected chi connectivity index (χ1v) is 24.6. The average Bonchev–Trinajstić information content (AvgIpc) is 3.32. The second-order valence-electron chi connectivity index (χ2n) is 14.6. The van der Waals surface area contributed by atoms with Crippen molar-refractivity contribution < 1.29 is 48.4 Å². The van der Waals surface area contributed by atoms with Crippen molar-refractivity contribution >= 4 is 88.3 Å². The zero-order valence-corrected chi connectivity index (χ0v) is 38.6. The zero-order valence-electron chi connectivity index (χ0n) is 36.2. The van der Waals surface area contributed by atoms with Crippen LogP contribution in [0.1, 0.15) is 28.3 Å². The van der Waals surface area contributed by atoms with E-state index < -0.39 is 41.1 Å². The number of anilines is 1. The van der Waals surface area contributed by atoms with Crippen LogP contribution in [0.4, 0.5) is 51.4 Å². The molecule has 23 nitrogen and oxygen atoms in total. The molecule has 0 saturated carbocycles. The number of hydrogen-bond acceptors (Lipinski definition) is 20. The van der Waals surface area contributed by atoms with Crippen LogP contribution < -0.4 is 10.1 Å². The average molecular weight is 1010 g/mol. The molecule has 6 aromatic carbocycles. The standard InChI is InChI=1S/C44H36N12O11S3/c1-28-21-29(7-18-37(28)54-52-33-11-9-32(10-12-33)50-51-34-13-16-36(17-14-34)69(61,62)63)23-42-46-43(48-44(47-42)45-26-68(58,59)60)24-30-8-19-38(40(22-30)67-27-57)55-56-39-20-15-35(25-41(39)70(64,65)66)53-49-31-5-3-2-4-6-31/h2-22,25,27H,23-24,26H2,1H3,(H,58,59,60)(H,61,62,63)(H,64,65,66)(H,45,46,47,48). The highest BCUT2D eigenvalue weighted by Crippen LogP contribution is 2.35. The number of azo groups is 4. The quantitative estimate of drug-likeness (QED) is 0.0332. The number of rotatable bonds is 19. The minimum Gasteiger partial charge on any atom is -0.426 e. The Labute approximate surface area is 399 Å². The van der Waals surface area contributed by atoms with Crippen molar-refractivity contribution in [3.63, 3.8) is 0 Å². The van der Waals surface area contributed by atoms with Gasteiger partial charge in [0.05, 0.1) is 39.0 Å². The smallest absolute Gasteiger partial charge is 0.298 e. The predicted molar refractivity (Wildman–Crippen MR) is 252 cm³/mol. The Morgan fingerprint density at radius 1 is 0.529 bits per heavy atom. The van der Waals surface area contributed by atoms with Crippen molar-refractivity contribution in [2.75, 3.05) is 11.2 Å². The summed E-state index contributed by atoms with van der Waals surface area (Å²) in [4.78, 5) is 23.9. The van der Waals surface area contributed by atoms with E-state index in [4.69, 9.17) is 9.29 Å². The molecule has 0 unspecified atom stereocenters. The first-order valence-electron chi connectivity index (χ1n) is 20.1. The Kier molecular flexibility index (Phi) is 15.4. The third-order valence-electron chi connectivity index (χ3n) is 9.39. The molecule has 7 rings (SSSR count). The summed E-state index contributed by atoms with van der Waals surface area (Å²) in [5.41, 5.74) is 4.29. The summed E-state index contributed by atoms with van der Waals surface area (Å²) in [5.74, 6) is -0.760. The van der Waals surface area contributed by atoms with E-state index in [2.05, 4.69) is 61.2 Å². The number of nitrogens with zero attached hydrogens (tertiary/aromatic N) is 11. The van der Waals surface area contributed by atoms with E-state index in [1.165, 1.54) is 48.5 Å². The maximum Gasteiger partial charge on any atom is 0.298 e. The number of ether oxygens (including phenoxy) is 1. The fraction of sp³-hybridized carbons (Fsp3) is 0.0909. The lowest BCUT2D eigenvalue weighted by Crippen LogP contribution is -2.17. The number of nitrogens with one attached hydrogen (secondary N) is 1. The van der Waals surface area contributed by atoms with Gasteiger partial charge in [-0.15, -0.1) is 10.2 Å². The van der Waals surface area contributed by atoms with Gasteiger partial charge in [-0.3, -0.25) is 18.5 Å². The Balaban J connectivity index is 1.06. The molecule has 70 heavy (non-hydrogen) atoms. The van der Waals surface area contributed by atoms with Crippen molar-refractivity contribution in [1.82, 2.24) is 15.0 Å². The molecule has 0 spiro atoms. The second kappa shape index (κ2) is 21.8. The molecule has 26 heteroatoms. The van der Waals surface area contributed by atoms with Crippen LogP contribution >= 0.6 is 0 Å². The molecule has 0 aliphatic carbocycles. The minimum atomic E-state index is -4.81. The SMILES string of the molecule is Cc1cc(Cc2nc(Cc3ccc(N=Nc4ccc(N=Nc5ccccc5)cc4S(=O)(=O)O)c(OC=O)c3)nc(NCS(=O)(=O)O)n2)ccc1N=Nc1ccc(N=Nc2ccc(S(=O)(=O)O)cc2)cc1. The van der Waals surface area contributed by atoms with Crippen LogP contribution in [-0.2, 0) is 48.0 Å². The van der Waals surface area contributed by atoms with Crippen molar-refractivity contribution in [1.29, 1.82) is 0 Å². The van der Waals surface area contributed by atoms with Crippen molar-refractivity contribution in [2.24, 2.45) is 40.9 Å². The van der Waals surface area contributed by atoms with Crippen molar-refractivity contribution in [3.8, 4) is 5.75 Å². The number of hydrogen-bond donors (Lipinski definition) is 4. The third-order valence-corrected chi connectivity index (χ3v) is 11.6. The molecule has 7 aromatic rings. The monoisotopic (exact) mass is 1000 g/mol. The van der Waals surface area contributed by atoms with Gasteiger partial charge in [-0.2, -0.15) is 65.9 Å². The van der Waals surface area contributed by atoms with E-state index in [9.17, 15) is 39.2 Å². The van der Waals surface area contributed by atoms with Gasteiger partial charge in [-0.1, -0.05) is 36.4 Å². The van der Waals surface area contributed by atoms with Gasteiger partial charge in [0.25, 0.3) is 36.8 Å². The highest BCUT2D eigenvalue weighted by Gasteiger charge is 2.18. The van der Waals surface area contributed by atoms with Gasteiger partial charge in [0.1, 0.15) is 33.8 Å². The largest absolute Gasteiger partial charge is 0.426 e. The Morgan fingerprint density at radius 2 is 1.01 bits per heavy atom. The number of benzene rings is 6. The summed E-state index contributed by atoms with van der Waals surface area (Å²) in [5, 5.41) is 35.5. The van der Waals surface area contributed by atoms with E-state index in [0.29, 0.717) is 34.0 Å². The molecular formula is C44H36N12O11S3. The summed E-state index contributed by atoms with van der Waals surface area (Å²) >= 11 is 0. The molecule has 1 heterocycles. The van der Waals surface area contributed by atoms with Crippen molar-refractivity contribution in [3.05, 3.63) is 162 Å². The Hall–Kier alpha value is -8.27. The van der Waals surface area contributed by atoms with E-state index in [1.54, 1.807) is 72.8 Å². The summed E-state index contributed by atoms with van der Waals surface area (Å²) in [6.07, 6.45) is 0.139. The highest BCUT2D eigenvalue weighted by atomic mass is 32.2. The van der Waals surface area contributed by atoms with E-state index in [0.717, 1.165) is 17.2 Å². The van der Waals surface area contributed by atoms with Crippen LogP contribution in [0.3, 0.4) is 0 Å². The molecule has 4 N–H and O–H groups in total. The van der Waals surface area contributed by atoms with Gasteiger partial charge in [0, 0.05) is 12.8 Å². The molecule has 0 aliphatic rings. The van der Waals surface area contributed by atoms with Crippen LogP contribution in [0.15, 0.2) is 184 Å². The van der Waals surface area contributed by atoms with Gasteiger partial charge in [0.2, 0.25) is 5.95 Å². The summed E-state index contributed by atoms with van der Waals surface area (Å²) < 4.78 is 104. The lowest BCUT2D eigenvalue weighted by atomic mass is 10.1. The molecular weight excluding hydrogens is 969 g/mol. The first-order chi connectivity index (χ1) is 33.4. The zero-order chi connectivity index (χ0) is 49.9. The second-order valence-corrected chi connectivity index (χ2v) is 18.9.